The van der Waals surface area contributed by atoms with Crippen LogP contribution in [-0.4, -0.2) is 45.9 Å². The van der Waals surface area contributed by atoms with Crippen molar-refractivity contribution in [3.8, 4) is 0 Å². The first-order chi connectivity index (χ1) is 12.5. The highest BCUT2D eigenvalue weighted by Gasteiger charge is 2.43. The number of rotatable bonds is 8. The minimum Gasteiger partial charge on any atom is -0.376 e. The average Bonchev–Trinajstić information content (AvgIpc) is 2.56. The van der Waals surface area contributed by atoms with Gasteiger partial charge in [0, 0.05) is 24.9 Å². The van der Waals surface area contributed by atoms with Gasteiger partial charge in [-0.25, -0.2) is 0 Å². The van der Waals surface area contributed by atoms with Crippen LogP contribution in [0.2, 0.25) is 0 Å². The molecule has 0 aromatic heterocycles. The Bertz CT molecular complexity index is 601. The topological polar surface area (TPSA) is 30.3 Å². The molecular weight excluding hydrogens is 353 g/mol. The first-order valence-corrected chi connectivity index (χ1v) is 9.97. The zero-order valence-electron chi connectivity index (χ0n) is 17.1. The number of hydrogen-bond donors (Lipinski definition) is 2. The molecule has 1 aliphatic heterocycles. The Labute approximate surface area is 161 Å². The van der Waals surface area contributed by atoms with Crippen LogP contribution in [0.5, 0.6) is 0 Å². The summed E-state index contributed by atoms with van der Waals surface area (Å²) in [5, 5.41) is 2.31. The van der Waals surface area contributed by atoms with Gasteiger partial charge in [0.1, 0.15) is 0 Å². The van der Waals surface area contributed by atoms with Crippen LogP contribution in [0.3, 0.4) is 0 Å². The fraction of sp³-hybridized carbons (Fsp3) is 0.714. The number of nitrogens with two attached hydrogens (primary N) is 1. The lowest BCUT2D eigenvalue weighted by Gasteiger charge is -2.45. The fourth-order valence-corrected chi connectivity index (χ4v) is 4.23. The van der Waals surface area contributed by atoms with E-state index in [0.29, 0.717) is 6.61 Å². The fourth-order valence-electron chi connectivity index (χ4n) is 4.23. The first kappa shape index (κ1) is 22.2. The van der Waals surface area contributed by atoms with Crippen molar-refractivity contribution < 1.29 is 28.1 Å². The Balaban J connectivity index is 2.14. The highest BCUT2D eigenvalue weighted by molar-refractivity contribution is 5.33. The zero-order valence-corrected chi connectivity index (χ0v) is 17.1. The van der Waals surface area contributed by atoms with E-state index in [4.69, 9.17) is 4.74 Å². The molecule has 1 aliphatic rings. The minimum atomic E-state index is -4.31. The minimum absolute atomic E-state index is 0.258. The summed E-state index contributed by atoms with van der Waals surface area (Å²) in [7, 11) is 4.29. The predicted molar refractivity (Wildman–Crippen MR) is 101 cm³/mol. The SMILES string of the molecule is C[NH+](C)CCC[NH2+]CC[C@]1(c2cccc(C(F)(F)F)c2)CCOC(C)(C)C1. The second-order valence-corrected chi connectivity index (χ2v) is 8.82. The van der Waals surface area contributed by atoms with Crippen LogP contribution in [0.4, 0.5) is 13.2 Å². The van der Waals surface area contributed by atoms with Gasteiger partial charge in [0.2, 0.25) is 0 Å². The smallest absolute Gasteiger partial charge is 0.376 e. The van der Waals surface area contributed by atoms with Crippen LogP contribution < -0.4 is 10.2 Å². The van der Waals surface area contributed by atoms with Crippen LogP contribution in [0.1, 0.15) is 50.7 Å². The number of alkyl halides is 3. The van der Waals surface area contributed by atoms with Crippen molar-refractivity contribution in [2.24, 2.45) is 0 Å². The molecule has 0 bridgehead atoms. The second-order valence-electron chi connectivity index (χ2n) is 8.82. The van der Waals surface area contributed by atoms with Gasteiger partial charge >= 0.3 is 6.18 Å². The standard InChI is InChI=1S/C21H33F3N2O/c1-19(2)16-20(10-14-27-19,9-12-25-11-6-13-26(3)4)17-7-5-8-18(15-17)21(22,23)24/h5,7-8,15,25H,6,9-14,16H2,1-4H3/p+2/t20-/m0/s1. The van der Waals surface area contributed by atoms with E-state index in [1.807, 2.05) is 19.9 Å². The van der Waals surface area contributed by atoms with Crippen molar-refractivity contribution in [2.75, 3.05) is 40.3 Å². The lowest BCUT2D eigenvalue weighted by atomic mass is 9.67. The molecule has 1 aromatic carbocycles. The molecule has 1 fully saturated rings. The summed E-state index contributed by atoms with van der Waals surface area (Å²) in [5.74, 6) is 0. The molecule has 1 saturated heterocycles. The first-order valence-electron chi connectivity index (χ1n) is 9.97. The van der Waals surface area contributed by atoms with Crippen molar-refractivity contribution in [1.29, 1.82) is 0 Å². The lowest BCUT2D eigenvalue weighted by molar-refractivity contribution is -0.860. The number of ether oxygens (including phenoxy) is 1. The maximum atomic E-state index is 13.2. The van der Waals surface area contributed by atoms with Gasteiger partial charge in [0.25, 0.3) is 0 Å². The van der Waals surface area contributed by atoms with Crippen molar-refractivity contribution in [3.05, 3.63) is 35.4 Å². The number of hydrogen-bond acceptors (Lipinski definition) is 1. The van der Waals surface area contributed by atoms with Crippen molar-refractivity contribution in [3.63, 3.8) is 0 Å². The van der Waals surface area contributed by atoms with Crippen molar-refractivity contribution >= 4 is 0 Å². The Morgan fingerprint density at radius 3 is 2.56 bits per heavy atom. The van der Waals surface area contributed by atoms with Crippen molar-refractivity contribution in [1.82, 2.24) is 0 Å². The molecule has 2 rings (SSSR count). The lowest BCUT2D eigenvalue weighted by Crippen LogP contribution is -3.06. The van der Waals surface area contributed by atoms with Crippen LogP contribution in [0, 0.1) is 0 Å². The van der Waals surface area contributed by atoms with Crippen LogP contribution >= 0.6 is 0 Å². The summed E-state index contributed by atoms with van der Waals surface area (Å²) in [5.41, 5.74) is -0.325. The molecule has 154 valence electrons. The number of nitrogens with one attached hydrogen (secondary N) is 1. The van der Waals surface area contributed by atoms with Crippen LogP contribution in [0.15, 0.2) is 24.3 Å². The Morgan fingerprint density at radius 2 is 1.93 bits per heavy atom. The Morgan fingerprint density at radius 1 is 1.19 bits per heavy atom. The molecular formula is C21H35F3N2O+2. The summed E-state index contributed by atoms with van der Waals surface area (Å²) in [4.78, 5) is 1.44. The average molecular weight is 389 g/mol. The maximum Gasteiger partial charge on any atom is 0.416 e. The van der Waals surface area contributed by atoms with Crippen LogP contribution in [-0.2, 0) is 16.3 Å². The van der Waals surface area contributed by atoms with Gasteiger partial charge in [-0.2, -0.15) is 13.2 Å². The molecule has 0 saturated carbocycles. The quantitative estimate of drug-likeness (QED) is 0.656. The summed E-state index contributed by atoms with van der Waals surface area (Å²) in [6.07, 6.45) is -0.771. The van der Waals surface area contributed by atoms with Gasteiger partial charge in [-0.3, -0.25) is 0 Å². The molecule has 0 unspecified atom stereocenters. The molecule has 1 aromatic rings. The molecule has 0 amide bonds. The summed E-state index contributed by atoms with van der Waals surface area (Å²) in [6, 6.07) is 5.94. The second kappa shape index (κ2) is 8.93. The van der Waals surface area contributed by atoms with E-state index in [9.17, 15) is 13.2 Å². The molecule has 0 aliphatic carbocycles. The van der Waals surface area contributed by atoms with Gasteiger partial charge in [-0.15, -0.1) is 0 Å². The third-order valence-electron chi connectivity index (χ3n) is 5.55. The predicted octanol–water partition coefficient (Wildman–Crippen LogP) is 2.02. The molecule has 1 atom stereocenters. The summed E-state index contributed by atoms with van der Waals surface area (Å²) < 4.78 is 45.6. The van der Waals surface area contributed by atoms with E-state index in [-0.39, 0.29) is 11.0 Å². The summed E-state index contributed by atoms with van der Waals surface area (Å²) in [6.45, 7) is 7.79. The maximum absolute atomic E-state index is 13.2. The molecule has 27 heavy (non-hydrogen) atoms. The highest BCUT2D eigenvalue weighted by Crippen LogP contribution is 2.44. The van der Waals surface area contributed by atoms with E-state index >= 15 is 0 Å². The molecule has 1 heterocycles. The third kappa shape index (κ3) is 6.47. The van der Waals surface area contributed by atoms with E-state index in [1.54, 1.807) is 6.07 Å². The number of halogens is 3. The van der Waals surface area contributed by atoms with Crippen LogP contribution in [0.25, 0.3) is 0 Å². The monoisotopic (exact) mass is 388 g/mol. The van der Waals surface area contributed by atoms with Crippen molar-refractivity contribution in [2.45, 2.75) is 56.7 Å². The largest absolute Gasteiger partial charge is 0.416 e. The highest BCUT2D eigenvalue weighted by atomic mass is 19.4. The van der Waals surface area contributed by atoms with Gasteiger partial charge in [0.15, 0.2) is 0 Å². The molecule has 6 heteroatoms. The number of benzene rings is 1. The van der Waals surface area contributed by atoms with E-state index in [2.05, 4.69) is 19.4 Å². The van der Waals surface area contributed by atoms with Gasteiger partial charge < -0.3 is 15.0 Å². The third-order valence-corrected chi connectivity index (χ3v) is 5.55. The zero-order chi connectivity index (χ0) is 20.1. The molecule has 3 nitrogen and oxygen atoms in total. The van der Waals surface area contributed by atoms with Gasteiger partial charge in [-0.05, 0) is 38.3 Å². The Kier molecular flexibility index (Phi) is 7.33. The van der Waals surface area contributed by atoms with Gasteiger partial charge in [0.05, 0.1) is 44.9 Å². The molecule has 0 spiro atoms. The molecule has 3 N–H and O–H groups in total. The van der Waals surface area contributed by atoms with E-state index < -0.39 is 11.7 Å². The van der Waals surface area contributed by atoms with E-state index in [1.165, 1.54) is 11.0 Å². The van der Waals surface area contributed by atoms with Gasteiger partial charge in [-0.1, -0.05) is 18.2 Å². The summed E-state index contributed by atoms with van der Waals surface area (Å²) >= 11 is 0. The number of quaternary nitrogens is 2. The Hall–Kier alpha value is -1.11. The normalized spacial score (nSPS) is 23.0. The van der Waals surface area contributed by atoms with E-state index in [0.717, 1.165) is 56.9 Å². The molecule has 0 radical (unpaired) electrons.